The summed E-state index contributed by atoms with van der Waals surface area (Å²) in [6.45, 7) is 0. The van der Waals surface area contributed by atoms with Crippen LogP contribution < -0.4 is 0 Å². The highest BCUT2D eigenvalue weighted by molar-refractivity contribution is 6.30. The fourth-order valence-electron chi connectivity index (χ4n) is 2.66. The Morgan fingerprint density at radius 1 is 1.05 bits per heavy atom. The molecule has 0 aromatic heterocycles. The van der Waals surface area contributed by atoms with Gasteiger partial charge in [0.2, 0.25) is 0 Å². The first-order chi connectivity index (χ1) is 9.66. The smallest absolute Gasteiger partial charge is 0.173 e. The number of hydrogen-bond acceptors (Lipinski definition) is 2. The van der Waals surface area contributed by atoms with E-state index in [1.165, 1.54) is 0 Å². The zero-order valence-corrected chi connectivity index (χ0v) is 11.6. The number of carbonyl (C=O) groups is 2. The summed E-state index contributed by atoms with van der Waals surface area (Å²) in [5.41, 5.74) is 2.27. The van der Waals surface area contributed by atoms with Crippen molar-refractivity contribution < 1.29 is 9.59 Å². The summed E-state index contributed by atoms with van der Waals surface area (Å²) in [6, 6.07) is 14.2. The zero-order valence-electron chi connectivity index (χ0n) is 10.8. The molecule has 3 rings (SSSR count). The molecule has 1 aliphatic carbocycles. The molecular formula is C17H13ClO2. The summed E-state index contributed by atoms with van der Waals surface area (Å²) in [5.74, 6) is -0.737. The molecule has 100 valence electrons. The Hall–Kier alpha value is -1.93. The number of carbonyl (C=O) groups excluding carboxylic acids is 2. The molecule has 0 aliphatic heterocycles. The Bertz CT molecular complexity index is 674. The van der Waals surface area contributed by atoms with Gasteiger partial charge >= 0.3 is 0 Å². The third-order valence-electron chi connectivity index (χ3n) is 3.75. The third kappa shape index (κ3) is 2.27. The van der Waals surface area contributed by atoms with Crippen molar-refractivity contribution in [1.29, 1.82) is 0 Å². The van der Waals surface area contributed by atoms with Crippen molar-refractivity contribution in [2.45, 2.75) is 12.8 Å². The average Bonchev–Trinajstić information content (AvgIpc) is 2.48. The number of ketones is 2. The van der Waals surface area contributed by atoms with Crippen LogP contribution in [0.15, 0.2) is 48.5 Å². The SMILES string of the molecule is O=C(c1ccc(Cl)cc1)C1CCc2ccccc2C1=O. The molecule has 0 fully saturated rings. The number of halogens is 1. The van der Waals surface area contributed by atoms with Crippen LogP contribution in [0, 0.1) is 5.92 Å². The lowest BCUT2D eigenvalue weighted by Crippen LogP contribution is -2.29. The maximum absolute atomic E-state index is 12.5. The molecular weight excluding hydrogens is 272 g/mol. The van der Waals surface area contributed by atoms with Crippen LogP contribution >= 0.6 is 11.6 Å². The van der Waals surface area contributed by atoms with Gasteiger partial charge in [-0.3, -0.25) is 9.59 Å². The van der Waals surface area contributed by atoms with Crippen LogP contribution in [0.5, 0.6) is 0 Å². The van der Waals surface area contributed by atoms with Crippen LogP contribution in [0.4, 0.5) is 0 Å². The minimum absolute atomic E-state index is 0.0631. The molecule has 2 nitrogen and oxygen atoms in total. The molecule has 0 saturated heterocycles. The molecule has 1 unspecified atom stereocenters. The van der Waals surface area contributed by atoms with Gasteiger partial charge < -0.3 is 0 Å². The lowest BCUT2D eigenvalue weighted by atomic mass is 9.79. The van der Waals surface area contributed by atoms with Gasteiger partial charge in [0.05, 0.1) is 5.92 Å². The Morgan fingerprint density at radius 2 is 1.75 bits per heavy atom. The van der Waals surface area contributed by atoms with Crippen LogP contribution in [0.1, 0.15) is 32.7 Å². The summed E-state index contributed by atoms with van der Waals surface area (Å²) >= 11 is 5.82. The molecule has 0 amide bonds. The highest BCUT2D eigenvalue weighted by atomic mass is 35.5. The van der Waals surface area contributed by atoms with Crippen LogP contribution in [0.25, 0.3) is 0 Å². The molecule has 0 saturated carbocycles. The Labute approximate surface area is 122 Å². The van der Waals surface area contributed by atoms with Crippen molar-refractivity contribution in [3.05, 3.63) is 70.2 Å². The van der Waals surface area contributed by atoms with Gasteiger partial charge in [-0.2, -0.15) is 0 Å². The number of rotatable bonds is 2. The van der Waals surface area contributed by atoms with Crippen molar-refractivity contribution in [3.63, 3.8) is 0 Å². The van der Waals surface area contributed by atoms with Gasteiger partial charge in [0, 0.05) is 16.1 Å². The van der Waals surface area contributed by atoms with Crippen molar-refractivity contribution >= 4 is 23.2 Å². The molecule has 3 heteroatoms. The molecule has 0 bridgehead atoms. The Morgan fingerprint density at radius 3 is 2.50 bits per heavy atom. The number of Topliss-reactive ketones (excluding diaryl/α,β-unsaturated/α-hetero) is 2. The number of aryl methyl sites for hydroxylation is 1. The molecule has 0 radical (unpaired) electrons. The number of hydrogen-bond donors (Lipinski definition) is 0. The molecule has 20 heavy (non-hydrogen) atoms. The monoisotopic (exact) mass is 284 g/mol. The van der Waals surface area contributed by atoms with E-state index < -0.39 is 5.92 Å². The van der Waals surface area contributed by atoms with Crippen molar-refractivity contribution in [2.24, 2.45) is 5.92 Å². The number of fused-ring (bicyclic) bond motifs is 1. The van der Waals surface area contributed by atoms with E-state index in [1.54, 1.807) is 30.3 Å². The van der Waals surface area contributed by atoms with Gasteiger partial charge in [-0.15, -0.1) is 0 Å². The molecule has 0 spiro atoms. The molecule has 0 N–H and O–H groups in total. The normalized spacial score (nSPS) is 17.6. The van der Waals surface area contributed by atoms with Crippen LogP contribution in [-0.2, 0) is 6.42 Å². The van der Waals surface area contributed by atoms with Gasteiger partial charge in [-0.1, -0.05) is 35.9 Å². The van der Waals surface area contributed by atoms with E-state index in [-0.39, 0.29) is 11.6 Å². The third-order valence-corrected chi connectivity index (χ3v) is 4.00. The van der Waals surface area contributed by atoms with Crippen molar-refractivity contribution in [1.82, 2.24) is 0 Å². The van der Waals surface area contributed by atoms with Crippen LogP contribution in [0.2, 0.25) is 5.02 Å². The molecule has 0 heterocycles. The molecule has 1 aliphatic rings. The number of benzene rings is 2. The van der Waals surface area contributed by atoms with E-state index in [9.17, 15) is 9.59 Å². The standard InChI is InChI=1S/C17H13ClO2/c18-13-8-5-12(6-9-13)16(19)15-10-7-11-3-1-2-4-14(11)17(15)20/h1-6,8-9,15H,7,10H2. The Kier molecular flexibility index (Phi) is 3.41. The maximum Gasteiger partial charge on any atom is 0.173 e. The average molecular weight is 285 g/mol. The summed E-state index contributed by atoms with van der Waals surface area (Å²) in [4.78, 5) is 24.9. The first kappa shape index (κ1) is 13.1. The minimum atomic E-state index is -0.564. The van der Waals surface area contributed by atoms with Gasteiger partial charge in [-0.25, -0.2) is 0 Å². The first-order valence-electron chi connectivity index (χ1n) is 6.59. The van der Waals surface area contributed by atoms with E-state index in [1.807, 2.05) is 18.2 Å². The fraction of sp³-hybridized carbons (Fsp3) is 0.176. The van der Waals surface area contributed by atoms with Gasteiger partial charge in [-0.05, 0) is 42.7 Å². The second-order valence-corrected chi connectivity index (χ2v) is 5.42. The fourth-order valence-corrected chi connectivity index (χ4v) is 2.79. The lowest BCUT2D eigenvalue weighted by Gasteiger charge is -2.22. The molecule has 2 aromatic carbocycles. The predicted molar refractivity (Wildman–Crippen MR) is 78.4 cm³/mol. The van der Waals surface area contributed by atoms with Crippen molar-refractivity contribution in [2.75, 3.05) is 0 Å². The highest BCUT2D eigenvalue weighted by Gasteiger charge is 2.32. The first-order valence-corrected chi connectivity index (χ1v) is 6.96. The molecule has 2 aromatic rings. The summed E-state index contributed by atoms with van der Waals surface area (Å²) in [6.07, 6.45) is 1.35. The van der Waals surface area contributed by atoms with Crippen LogP contribution in [-0.4, -0.2) is 11.6 Å². The van der Waals surface area contributed by atoms with Gasteiger partial charge in [0.25, 0.3) is 0 Å². The second-order valence-electron chi connectivity index (χ2n) is 4.98. The second kappa shape index (κ2) is 5.22. The highest BCUT2D eigenvalue weighted by Crippen LogP contribution is 2.28. The minimum Gasteiger partial charge on any atom is -0.293 e. The summed E-state index contributed by atoms with van der Waals surface area (Å²) in [5, 5.41) is 0.585. The predicted octanol–water partition coefficient (Wildman–Crippen LogP) is 3.97. The Balaban J connectivity index is 1.91. The van der Waals surface area contributed by atoms with E-state index in [2.05, 4.69) is 0 Å². The van der Waals surface area contributed by atoms with Crippen molar-refractivity contribution in [3.8, 4) is 0 Å². The van der Waals surface area contributed by atoms with Gasteiger partial charge in [0.15, 0.2) is 11.6 Å². The lowest BCUT2D eigenvalue weighted by molar-refractivity contribution is 0.0790. The quantitative estimate of drug-likeness (QED) is 0.618. The van der Waals surface area contributed by atoms with E-state index in [4.69, 9.17) is 11.6 Å². The topological polar surface area (TPSA) is 34.1 Å². The van der Waals surface area contributed by atoms with E-state index >= 15 is 0 Å². The largest absolute Gasteiger partial charge is 0.293 e. The summed E-state index contributed by atoms with van der Waals surface area (Å²) in [7, 11) is 0. The maximum atomic E-state index is 12.5. The van der Waals surface area contributed by atoms with E-state index in [0.29, 0.717) is 22.6 Å². The summed E-state index contributed by atoms with van der Waals surface area (Å²) < 4.78 is 0. The zero-order chi connectivity index (χ0) is 14.1. The molecule has 1 atom stereocenters. The van der Waals surface area contributed by atoms with Gasteiger partial charge in [0.1, 0.15) is 0 Å². The van der Waals surface area contributed by atoms with Crippen LogP contribution in [0.3, 0.4) is 0 Å². The van der Waals surface area contributed by atoms with E-state index in [0.717, 1.165) is 12.0 Å².